The maximum absolute atomic E-state index is 9.49. The van der Waals surface area contributed by atoms with E-state index in [9.17, 15) is 5.26 Å². The van der Waals surface area contributed by atoms with Gasteiger partial charge in [-0.3, -0.25) is 0 Å². The van der Waals surface area contributed by atoms with Crippen LogP contribution in [0.5, 0.6) is 0 Å². The van der Waals surface area contributed by atoms with Gasteiger partial charge in [0, 0.05) is 13.1 Å². The summed E-state index contributed by atoms with van der Waals surface area (Å²) in [5.41, 5.74) is 2.39. The molecule has 0 unspecified atom stereocenters. The standard InChI is InChI=1S/C21H14Cl3N3S2/c22-17-18(16(11-25)19(23)26-20(17)24)29-21(28)27(12-14-7-3-1-4-8-14)13-15-9-5-2-6-10-15/h1-10H,12-13H2. The molecule has 0 N–H and O–H groups in total. The minimum Gasteiger partial charge on any atom is -0.349 e. The molecule has 0 saturated heterocycles. The summed E-state index contributed by atoms with van der Waals surface area (Å²) >= 11 is 25.4. The Labute approximate surface area is 194 Å². The summed E-state index contributed by atoms with van der Waals surface area (Å²) in [6, 6.07) is 22.1. The zero-order valence-electron chi connectivity index (χ0n) is 15.0. The molecule has 1 heterocycles. The molecule has 0 saturated carbocycles. The fraction of sp³-hybridized carbons (Fsp3) is 0.0952. The van der Waals surface area contributed by atoms with Crippen molar-refractivity contribution < 1.29 is 0 Å². The summed E-state index contributed by atoms with van der Waals surface area (Å²) < 4.78 is 0.550. The Morgan fingerprint density at radius 1 is 0.931 bits per heavy atom. The summed E-state index contributed by atoms with van der Waals surface area (Å²) in [5.74, 6) is 0. The fourth-order valence-electron chi connectivity index (χ4n) is 2.63. The molecule has 0 bridgehead atoms. The largest absolute Gasteiger partial charge is 0.349 e. The van der Waals surface area contributed by atoms with Gasteiger partial charge in [0.2, 0.25) is 0 Å². The molecule has 29 heavy (non-hydrogen) atoms. The lowest BCUT2D eigenvalue weighted by Crippen LogP contribution is -2.26. The quantitative estimate of drug-likeness (QED) is 0.224. The Morgan fingerprint density at radius 3 is 1.93 bits per heavy atom. The Balaban J connectivity index is 1.92. The van der Waals surface area contributed by atoms with E-state index in [1.54, 1.807) is 0 Å². The molecule has 8 heteroatoms. The number of pyridine rings is 1. The first-order valence-electron chi connectivity index (χ1n) is 8.48. The molecular formula is C21H14Cl3N3S2. The summed E-state index contributed by atoms with van der Waals surface area (Å²) in [4.78, 5) is 6.36. The highest BCUT2D eigenvalue weighted by Crippen LogP contribution is 2.39. The van der Waals surface area contributed by atoms with Gasteiger partial charge in [-0.05, 0) is 11.1 Å². The molecule has 0 atom stereocenters. The van der Waals surface area contributed by atoms with E-state index in [0.29, 0.717) is 22.3 Å². The zero-order chi connectivity index (χ0) is 20.8. The van der Waals surface area contributed by atoms with Gasteiger partial charge in [-0.25, -0.2) is 4.98 Å². The normalized spacial score (nSPS) is 10.4. The van der Waals surface area contributed by atoms with Gasteiger partial charge in [0.05, 0.1) is 9.92 Å². The van der Waals surface area contributed by atoms with Crippen LogP contribution in [0.15, 0.2) is 65.6 Å². The number of thiocarbonyl (C=S) groups is 1. The van der Waals surface area contributed by atoms with Gasteiger partial charge in [-0.2, -0.15) is 5.26 Å². The van der Waals surface area contributed by atoms with Gasteiger partial charge in [0.25, 0.3) is 0 Å². The average molecular weight is 479 g/mol. The number of nitriles is 1. The number of aromatic nitrogens is 1. The number of halogens is 3. The molecule has 0 radical (unpaired) electrons. The monoisotopic (exact) mass is 477 g/mol. The van der Waals surface area contributed by atoms with Gasteiger partial charge in [0.15, 0.2) is 5.15 Å². The number of benzene rings is 2. The lowest BCUT2D eigenvalue weighted by Gasteiger charge is -2.25. The van der Waals surface area contributed by atoms with Gasteiger partial charge in [0.1, 0.15) is 21.1 Å². The minimum absolute atomic E-state index is 0.00451. The lowest BCUT2D eigenvalue weighted by atomic mass is 10.2. The molecule has 0 spiro atoms. The van der Waals surface area contributed by atoms with Gasteiger partial charge >= 0.3 is 0 Å². The fourth-order valence-corrected chi connectivity index (χ4v) is 4.68. The molecule has 0 aliphatic carbocycles. The Hall–Kier alpha value is -1.81. The van der Waals surface area contributed by atoms with E-state index in [0.717, 1.165) is 11.1 Å². The van der Waals surface area contributed by atoms with Crippen LogP contribution in [0.2, 0.25) is 15.3 Å². The van der Waals surface area contributed by atoms with Crippen molar-refractivity contribution >= 4 is 63.1 Å². The van der Waals surface area contributed by atoms with Crippen LogP contribution in [0.1, 0.15) is 16.7 Å². The molecule has 3 aromatic rings. The predicted molar refractivity (Wildman–Crippen MR) is 125 cm³/mol. The first-order valence-corrected chi connectivity index (χ1v) is 10.8. The van der Waals surface area contributed by atoms with Gasteiger partial charge in [-0.1, -0.05) is 119 Å². The number of rotatable bonds is 5. The highest BCUT2D eigenvalue weighted by Gasteiger charge is 2.21. The van der Waals surface area contributed by atoms with Crippen molar-refractivity contribution in [3.05, 3.63) is 92.7 Å². The van der Waals surface area contributed by atoms with Crippen molar-refractivity contribution in [1.82, 2.24) is 9.88 Å². The third-order valence-electron chi connectivity index (χ3n) is 4.00. The predicted octanol–water partition coefficient (Wildman–Crippen LogP) is 6.99. The topological polar surface area (TPSA) is 39.9 Å². The minimum atomic E-state index is 0.00451. The van der Waals surface area contributed by atoms with E-state index in [1.165, 1.54) is 11.8 Å². The maximum Gasteiger partial charge on any atom is 0.150 e. The lowest BCUT2D eigenvalue weighted by molar-refractivity contribution is 0.421. The van der Waals surface area contributed by atoms with Gasteiger partial charge in [-0.15, -0.1) is 0 Å². The highest BCUT2D eigenvalue weighted by atomic mass is 35.5. The van der Waals surface area contributed by atoms with Crippen LogP contribution in [0.3, 0.4) is 0 Å². The molecule has 146 valence electrons. The molecule has 3 rings (SSSR count). The first kappa shape index (κ1) is 21.9. The molecule has 1 aromatic heterocycles. The number of nitrogens with zero attached hydrogens (tertiary/aromatic N) is 3. The molecule has 3 nitrogen and oxygen atoms in total. The zero-order valence-corrected chi connectivity index (χ0v) is 18.9. The number of hydrogen-bond acceptors (Lipinski definition) is 4. The molecular weight excluding hydrogens is 465 g/mol. The van der Waals surface area contributed by atoms with E-state index in [1.807, 2.05) is 71.6 Å². The van der Waals surface area contributed by atoms with E-state index in [4.69, 9.17) is 47.0 Å². The third kappa shape index (κ3) is 5.63. The van der Waals surface area contributed by atoms with Crippen molar-refractivity contribution in [2.24, 2.45) is 0 Å². The van der Waals surface area contributed by atoms with E-state index in [2.05, 4.69) is 4.98 Å². The first-order chi connectivity index (χ1) is 14.0. The molecule has 0 aliphatic heterocycles. The van der Waals surface area contributed by atoms with Crippen molar-refractivity contribution in [3.63, 3.8) is 0 Å². The van der Waals surface area contributed by atoms with E-state index < -0.39 is 0 Å². The van der Waals surface area contributed by atoms with Crippen molar-refractivity contribution in [2.75, 3.05) is 0 Å². The Morgan fingerprint density at radius 2 is 1.45 bits per heavy atom. The third-order valence-corrected chi connectivity index (χ3v) is 6.68. The molecule has 0 amide bonds. The average Bonchev–Trinajstić information content (AvgIpc) is 2.73. The van der Waals surface area contributed by atoms with E-state index in [-0.39, 0.29) is 20.9 Å². The van der Waals surface area contributed by atoms with Crippen LogP contribution in [0, 0.1) is 11.3 Å². The van der Waals surface area contributed by atoms with Crippen LogP contribution in [0.4, 0.5) is 0 Å². The van der Waals surface area contributed by atoms with Crippen LogP contribution in [0.25, 0.3) is 0 Å². The number of thioether (sulfide) groups is 1. The van der Waals surface area contributed by atoms with Crippen molar-refractivity contribution in [2.45, 2.75) is 18.0 Å². The van der Waals surface area contributed by atoms with Crippen LogP contribution in [-0.4, -0.2) is 14.2 Å². The summed E-state index contributed by atoms with van der Waals surface area (Å²) in [6.07, 6.45) is 0. The van der Waals surface area contributed by atoms with Crippen LogP contribution < -0.4 is 0 Å². The van der Waals surface area contributed by atoms with Crippen molar-refractivity contribution in [3.8, 4) is 6.07 Å². The summed E-state index contributed by atoms with van der Waals surface area (Å²) in [5, 5.41) is 9.70. The second kappa shape index (κ2) is 10.3. The highest BCUT2D eigenvalue weighted by molar-refractivity contribution is 8.23. The summed E-state index contributed by atoms with van der Waals surface area (Å²) in [7, 11) is 0. The number of hydrogen-bond donors (Lipinski definition) is 0. The SMILES string of the molecule is N#Cc1c(Cl)nc(Cl)c(Cl)c1SC(=S)N(Cc1ccccc1)Cc1ccccc1. The Kier molecular flexibility index (Phi) is 7.77. The van der Waals surface area contributed by atoms with Gasteiger partial charge < -0.3 is 4.90 Å². The smallest absolute Gasteiger partial charge is 0.150 e. The summed E-state index contributed by atoms with van der Waals surface area (Å²) in [6.45, 7) is 1.21. The maximum atomic E-state index is 9.49. The van der Waals surface area contributed by atoms with E-state index >= 15 is 0 Å². The second-order valence-electron chi connectivity index (χ2n) is 6.02. The molecule has 2 aromatic carbocycles. The molecule has 0 aliphatic rings. The second-order valence-corrected chi connectivity index (χ2v) is 8.76. The Bertz CT molecular complexity index is 1010. The van der Waals surface area contributed by atoms with Crippen LogP contribution in [-0.2, 0) is 13.1 Å². The molecule has 0 fully saturated rings. The van der Waals surface area contributed by atoms with Crippen molar-refractivity contribution in [1.29, 1.82) is 5.26 Å². The van der Waals surface area contributed by atoms with Crippen LogP contribution >= 0.6 is 58.8 Å².